The van der Waals surface area contributed by atoms with Crippen molar-refractivity contribution in [3.8, 4) is 5.69 Å². The molecule has 4 rings (SSSR count). The van der Waals surface area contributed by atoms with Gasteiger partial charge in [-0.15, -0.1) is 0 Å². The van der Waals surface area contributed by atoms with E-state index in [-0.39, 0.29) is 12.0 Å². The van der Waals surface area contributed by atoms with E-state index in [0.717, 1.165) is 34.5 Å². The van der Waals surface area contributed by atoms with Crippen molar-refractivity contribution in [2.75, 3.05) is 13.2 Å². The largest absolute Gasteiger partial charge is 0.374 e. The van der Waals surface area contributed by atoms with E-state index in [2.05, 4.69) is 40.2 Å². The number of rotatable bonds is 10. The van der Waals surface area contributed by atoms with Gasteiger partial charge in [-0.2, -0.15) is 0 Å². The number of hydrogen-bond donors (Lipinski definition) is 1. The Labute approximate surface area is 189 Å². The smallest absolute Gasteiger partial charge is 0.220 e. The lowest BCUT2D eigenvalue weighted by atomic mass is 10.1. The third-order valence-electron chi connectivity index (χ3n) is 5.50. The van der Waals surface area contributed by atoms with Crippen molar-refractivity contribution < 1.29 is 9.53 Å². The fourth-order valence-electron chi connectivity index (χ4n) is 3.80. The predicted molar refractivity (Wildman–Crippen MR) is 128 cm³/mol. The normalized spacial score (nSPS) is 12.0. The van der Waals surface area contributed by atoms with E-state index < -0.39 is 0 Å². The highest BCUT2D eigenvalue weighted by atomic mass is 16.5. The molecule has 164 valence electrons. The van der Waals surface area contributed by atoms with Crippen molar-refractivity contribution in [2.45, 2.75) is 32.3 Å². The number of ether oxygens (including phenoxy) is 1. The standard InChI is InChI=1S/C27H29N3O2/c1-21(22-11-4-2-5-12-22)32-20-10-19-28-27(31)18-17-26-29-24-15-8-9-16-25(24)30(26)23-13-6-3-7-14-23/h2-9,11-16,21H,10,17-20H2,1H3,(H,28,31). The summed E-state index contributed by atoms with van der Waals surface area (Å²) in [5.41, 5.74) is 4.22. The van der Waals surface area contributed by atoms with Gasteiger partial charge in [0.15, 0.2) is 0 Å². The molecule has 5 nitrogen and oxygen atoms in total. The molecule has 0 radical (unpaired) electrons. The van der Waals surface area contributed by atoms with Crippen LogP contribution in [0.3, 0.4) is 0 Å². The summed E-state index contributed by atoms with van der Waals surface area (Å²) in [6.07, 6.45) is 1.82. The zero-order valence-corrected chi connectivity index (χ0v) is 18.4. The maximum Gasteiger partial charge on any atom is 0.220 e. The topological polar surface area (TPSA) is 56.1 Å². The first kappa shape index (κ1) is 21.8. The summed E-state index contributed by atoms with van der Waals surface area (Å²) in [4.78, 5) is 17.2. The Balaban J connectivity index is 1.27. The highest BCUT2D eigenvalue weighted by Gasteiger charge is 2.13. The molecule has 0 saturated heterocycles. The molecular formula is C27H29N3O2. The van der Waals surface area contributed by atoms with Gasteiger partial charge in [0.05, 0.1) is 17.1 Å². The second-order valence-electron chi connectivity index (χ2n) is 7.81. The third-order valence-corrected chi connectivity index (χ3v) is 5.50. The molecule has 0 aliphatic heterocycles. The van der Waals surface area contributed by atoms with Crippen LogP contribution in [0.15, 0.2) is 84.9 Å². The van der Waals surface area contributed by atoms with Crippen molar-refractivity contribution in [2.24, 2.45) is 0 Å². The van der Waals surface area contributed by atoms with Gasteiger partial charge in [0.1, 0.15) is 5.82 Å². The van der Waals surface area contributed by atoms with Gasteiger partial charge in [-0.25, -0.2) is 4.98 Å². The van der Waals surface area contributed by atoms with Crippen molar-refractivity contribution in [1.82, 2.24) is 14.9 Å². The summed E-state index contributed by atoms with van der Waals surface area (Å²) in [6, 6.07) is 28.4. The van der Waals surface area contributed by atoms with Gasteiger partial charge in [-0.1, -0.05) is 60.7 Å². The molecule has 1 N–H and O–H groups in total. The Morgan fingerprint density at radius 2 is 1.66 bits per heavy atom. The second-order valence-corrected chi connectivity index (χ2v) is 7.81. The number of para-hydroxylation sites is 3. The number of nitrogens with one attached hydrogen (secondary N) is 1. The fraction of sp³-hybridized carbons (Fsp3) is 0.259. The van der Waals surface area contributed by atoms with Crippen molar-refractivity contribution in [1.29, 1.82) is 0 Å². The number of fused-ring (bicyclic) bond motifs is 1. The number of nitrogens with zero attached hydrogens (tertiary/aromatic N) is 2. The average Bonchev–Trinajstić information content (AvgIpc) is 3.22. The van der Waals surface area contributed by atoms with Crippen LogP contribution < -0.4 is 5.32 Å². The van der Waals surface area contributed by atoms with Crippen LogP contribution in [0.1, 0.15) is 37.3 Å². The van der Waals surface area contributed by atoms with Crippen LogP contribution in [0.4, 0.5) is 0 Å². The number of aromatic nitrogens is 2. The van der Waals surface area contributed by atoms with E-state index in [0.29, 0.717) is 26.0 Å². The monoisotopic (exact) mass is 427 g/mol. The van der Waals surface area contributed by atoms with Crippen LogP contribution in [-0.4, -0.2) is 28.6 Å². The van der Waals surface area contributed by atoms with E-state index in [4.69, 9.17) is 9.72 Å². The Hall–Kier alpha value is -3.44. The van der Waals surface area contributed by atoms with E-state index in [1.54, 1.807) is 0 Å². The van der Waals surface area contributed by atoms with E-state index in [9.17, 15) is 4.79 Å². The van der Waals surface area contributed by atoms with Crippen molar-refractivity contribution in [3.05, 3.63) is 96.3 Å². The van der Waals surface area contributed by atoms with Crippen LogP contribution in [0.25, 0.3) is 16.7 Å². The zero-order valence-electron chi connectivity index (χ0n) is 18.4. The molecule has 1 aromatic heterocycles. The zero-order chi connectivity index (χ0) is 22.2. The summed E-state index contributed by atoms with van der Waals surface area (Å²) in [5.74, 6) is 0.931. The lowest BCUT2D eigenvalue weighted by Crippen LogP contribution is -2.26. The lowest BCUT2D eigenvalue weighted by Gasteiger charge is -2.13. The summed E-state index contributed by atoms with van der Waals surface area (Å²) in [5, 5.41) is 3.00. The lowest BCUT2D eigenvalue weighted by molar-refractivity contribution is -0.121. The Bertz CT molecular complexity index is 1140. The molecule has 5 heteroatoms. The summed E-state index contributed by atoms with van der Waals surface area (Å²) < 4.78 is 8.01. The van der Waals surface area contributed by atoms with E-state index in [1.165, 1.54) is 0 Å². The maximum absolute atomic E-state index is 12.4. The average molecular weight is 428 g/mol. The van der Waals surface area contributed by atoms with Gasteiger partial charge < -0.3 is 10.1 Å². The molecule has 0 bridgehead atoms. The van der Waals surface area contributed by atoms with Gasteiger partial charge in [-0.05, 0) is 43.2 Å². The van der Waals surface area contributed by atoms with Gasteiger partial charge in [0.25, 0.3) is 0 Å². The molecule has 1 heterocycles. The van der Waals surface area contributed by atoms with Gasteiger partial charge in [0.2, 0.25) is 5.91 Å². The molecular weight excluding hydrogens is 398 g/mol. The van der Waals surface area contributed by atoms with Gasteiger partial charge in [-0.3, -0.25) is 9.36 Å². The Morgan fingerprint density at radius 3 is 2.44 bits per heavy atom. The number of benzene rings is 3. The second kappa shape index (κ2) is 10.7. The first-order valence-corrected chi connectivity index (χ1v) is 11.2. The highest BCUT2D eigenvalue weighted by molar-refractivity contribution is 5.79. The molecule has 0 aliphatic carbocycles. The number of amides is 1. The van der Waals surface area contributed by atoms with E-state index in [1.807, 2.05) is 61.5 Å². The minimum absolute atomic E-state index is 0.0350. The number of imidazole rings is 1. The summed E-state index contributed by atoms with van der Waals surface area (Å²) >= 11 is 0. The van der Waals surface area contributed by atoms with Crippen LogP contribution in [0, 0.1) is 0 Å². The maximum atomic E-state index is 12.4. The number of carbonyl (C=O) groups excluding carboxylic acids is 1. The molecule has 0 saturated carbocycles. The first-order valence-electron chi connectivity index (χ1n) is 11.2. The SMILES string of the molecule is CC(OCCCNC(=O)CCc1nc2ccccc2n1-c1ccccc1)c1ccccc1. The van der Waals surface area contributed by atoms with Crippen LogP contribution in [0.5, 0.6) is 0 Å². The van der Waals surface area contributed by atoms with Gasteiger partial charge >= 0.3 is 0 Å². The number of aryl methyl sites for hydroxylation is 1. The molecule has 3 aromatic carbocycles. The Morgan fingerprint density at radius 1 is 0.969 bits per heavy atom. The molecule has 1 atom stereocenters. The minimum atomic E-state index is 0.0350. The first-order chi connectivity index (χ1) is 15.7. The van der Waals surface area contributed by atoms with Crippen LogP contribution >= 0.6 is 0 Å². The number of carbonyl (C=O) groups is 1. The molecule has 0 fully saturated rings. The van der Waals surface area contributed by atoms with Crippen LogP contribution in [0.2, 0.25) is 0 Å². The fourth-order valence-corrected chi connectivity index (χ4v) is 3.80. The third kappa shape index (κ3) is 5.42. The molecule has 1 unspecified atom stereocenters. The molecule has 32 heavy (non-hydrogen) atoms. The Kier molecular flexibility index (Phi) is 7.31. The molecule has 1 amide bonds. The molecule has 4 aromatic rings. The van der Waals surface area contributed by atoms with Gasteiger partial charge in [0, 0.05) is 31.7 Å². The molecule has 0 spiro atoms. The predicted octanol–water partition coefficient (Wildman–Crippen LogP) is 5.24. The summed E-state index contributed by atoms with van der Waals surface area (Å²) in [7, 11) is 0. The van der Waals surface area contributed by atoms with Crippen molar-refractivity contribution >= 4 is 16.9 Å². The number of hydrogen-bond acceptors (Lipinski definition) is 3. The van der Waals surface area contributed by atoms with Crippen molar-refractivity contribution in [3.63, 3.8) is 0 Å². The minimum Gasteiger partial charge on any atom is -0.374 e. The quantitative estimate of drug-likeness (QED) is 0.352. The van der Waals surface area contributed by atoms with E-state index >= 15 is 0 Å². The summed E-state index contributed by atoms with van der Waals surface area (Å²) in [6.45, 7) is 3.27. The molecule has 0 aliphatic rings. The van der Waals surface area contributed by atoms with Crippen LogP contribution in [-0.2, 0) is 16.0 Å². The highest BCUT2D eigenvalue weighted by Crippen LogP contribution is 2.22.